The van der Waals surface area contributed by atoms with Crippen molar-refractivity contribution >= 4 is 0 Å². The molecule has 48 heavy (non-hydrogen) atoms. The van der Waals surface area contributed by atoms with Crippen molar-refractivity contribution in [1.29, 1.82) is 0 Å². The maximum absolute atomic E-state index is 11.3. The average molecular weight is 663 g/mol. The van der Waals surface area contributed by atoms with Crippen LogP contribution in [0.15, 0.2) is 104 Å². The van der Waals surface area contributed by atoms with Crippen molar-refractivity contribution in [2.24, 2.45) is 0 Å². The van der Waals surface area contributed by atoms with Gasteiger partial charge in [-0.05, 0) is 16.7 Å². The molecule has 3 aromatic carbocycles. The molecule has 10 nitrogen and oxygen atoms in total. The van der Waals surface area contributed by atoms with E-state index in [2.05, 4.69) is 6.58 Å². The highest BCUT2D eigenvalue weighted by molar-refractivity contribution is 5.16. The molecule has 0 aliphatic carbocycles. The quantitative estimate of drug-likeness (QED) is 0.233. The second-order valence-corrected chi connectivity index (χ2v) is 12.3. The fourth-order valence-electron chi connectivity index (χ4n) is 6.63. The normalized spacial score (nSPS) is 33.3. The van der Waals surface area contributed by atoms with Crippen molar-refractivity contribution in [2.75, 3.05) is 27.4 Å². The van der Waals surface area contributed by atoms with E-state index in [1.54, 1.807) is 13.2 Å². The summed E-state index contributed by atoms with van der Waals surface area (Å²) in [6.45, 7) is 5.44. The minimum absolute atomic E-state index is 0.164. The van der Waals surface area contributed by atoms with Gasteiger partial charge in [0, 0.05) is 20.6 Å². The molecule has 258 valence electrons. The summed E-state index contributed by atoms with van der Waals surface area (Å²) in [6, 6.07) is 29.7. The molecule has 7 rings (SSSR count). The van der Waals surface area contributed by atoms with Crippen LogP contribution in [-0.2, 0) is 62.5 Å². The van der Waals surface area contributed by atoms with Crippen molar-refractivity contribution in [3.8, 4) is 0 Å². The van der Waals surface area contributed by atoms with Gasteiger partial charge in [-0.15, -0.1) is 6.58 Å². The van der Waals surface area contributed by atoms with Crippen molar-refractivity contribution < 1.29 is 47.7 Å². The molecular weight excluding hydrogens is 616 g/mol. The monoisotopic (exact) mass is 662 g/mol. The lowest BCUT2D eigenvalue weighted by Crippen LogP contribution is -2.67. The summed E-state index contributed by atoms with van der Waals surface area (Å²) >= 11 is 0. The number of fused-ring (bicyclic) bond motifs is 4. The van der Waals surface area contributed by atoms with Gasteiger partial charge in [-0.2, -0.15) is 0 Å². The second kappa shape index (κ2) is 16.6. The lowest BCUT2D eigenvalue weighted by molar-refractivity contribution is -0.370. The molecule has 2 bridgehead atoms. The van der Waals surface area contributed by atoms with E-state index in [-0.39, 0.29) is 13.2 Å². The van der Waals surface area contributed by atoms with E-state index >= 15 is 0 Å². The van der Waals surface area contributed by atoms with Gasteiger partial charge in [-0.3, -0.25) is 0 Å². The van der Waals surface area contributed by atoms with E-state index in [9.17, 15) is 5.11 Å². The van der Waals surface area contributed by atoms with Crippen LogP contribution in [0.4, 0.5) is 0 Å². The molecule has 0 radical (unpaired) electrons. The van der Waals surface area contributed by atoms with Gasteiger partial charge in [-0.25, -0.2) is 0 Å². The van der Waals surface area contributed by atoms with Gasteiger partial charge in [0.2, 0.25) is 0 Å². The largest absolute Gasteiger partial charge is 0.387 e. The highest BCUT2D eigenvalue weighted by Gasteiger charge is 2.58. The summed E-state index contributed by atoms with van der Waals surface area (Å²) < 4.78 is 57.4. The second-order valence-electron chi connectivity index (χ2n) is 12.3. The molecule has 0 saturated carbocycles. The van der Waals surface area contributed by atoms with E-state index < -0.39 is 60.9 Å². The van der Waals surface area contributed by atoms with E-state index in [1.807, 2.05) is 91.0 Å². The Morgan fingerprint density at radius 2 is 1.33 bits per heavy atom. The highest BCUT2D eigenvalue weighted by atomic mass is 16.8. The lowest BCUT2D eigenvalue weighted by Gasteiger charge is -2.50. The highest BCUT2D eigenvalue weighted by Crippen LogP contribution is 2.42. The van der Waals surface area contributed by atoms with Crippen LogP contribution in [0.25, 0.3) is 0 Å². The molecule has 0 aromatic heterocycles. The smallest absolute Gasteiger partial charge is 0.188 e. The van der Waals surface area contributed by atoms with Crippen LogP contribution in [0.5, 0.6) is 0 Å². The van der Waals surface area contributed by atoms with E-state index in [0.717, 1.165) is 16.7 Å². The predicted molar refractivity (Wildman–Crippen MR) is 176 cm³/mol. The van der Waals surface area contributed by atoms with Crippen molar-refractivity contribution in [2.45, 2.75) is 87.2 Å². The number of aliphatic hydroxyl groups is 1. The zero-order valence-electron chi connectivity index (χ0n) is 27.5. The summed E-state index contributed by atoms with van der Waals surface area (Å²) in [5.41, 5.74) is 1.86. The topological polar surface area (TPSA) is 103 Å². The molecule has 0 unspecified atom stereocenters. The van der Waals surface area contributed by atoms with Crippen molar-refractivity contribution in [3.63, 3.8) is 0 Å². The number of methoxy groups -OCH3 is 2. The molecule has 4 heterocycles. The molecule has 4 aliphatic heterocycles. The third-order valence-electron chi connectivity index (χ3n) is 9.24. The first-order valence-corrected chi connectivity index (χ1v) is 16.5. The summed E-state index contributed by atoms with van der Waals surface area (Å²) in [4.78, 5) is 0. The number of aliphatic hydroxyl groups excluding tert-OH is 1. The van der Waals surface area contributed by atoms with Crippen LogP contribution in [0.3, 0.4) is 0 Å². The van der Waals surface area contributed by atoms with Crippen LogP contribution in [0.2, 0.25) is 0 Å². The Bertz CT molecular complexity index is 1390. The molecule has 10 atom stereocenters. The molecule has 4 saturated heterocycles. The van der Waals surface area contributed by atoms with E-state index in [4.69, 9.17) is 42.6 Å². The van der Waals surface area contributed by atoms with Crippen molar-refractivity contribution in [1.82, 2.24) is 0 Å². The van der Waals surface area contributed by atoms with Crippen LogP contribution in [0.1, 0.15) is 23.1 Å². The Morgan fingerprint density at radius 3 is 1.90 bits per heavy atom. The summed E-state index contributed by atoms with van der Waals surface area (Å²) in [5, 5.41) is 11.3. The molecule has 3 aromatic rings. The number of hydrogen-bond donors (Lipinski definition) is 1. The van der Waals surface area contributed by atoms with Gasteiger partial charge in [0.05, 0.1) is 33.0 Å². The fourth-order valence-corrected chi connectivity index (χ4v) is 6.63. The average Bonchev–Trinajstić information content (AvgIpc) is 3.40. The number of hydrogen-bond acceptors (Lipinski definition) is 10. The van der Waals surface area contributed by atoms with Gasteiger partial charge >= 0.3 is 0 Å². The minimum atomic E-state index is -1.13. The number of benzene rings is 3. The maximum Gasteiger partial charge on any atom is 0.188 e. The van der Waals surface area contributed by atoms with E-state index in [1.165, 1.54) is 7.11 Å². The predicted octanol–water partition coefficient (Wildman–Crippen LogP) is 4.58. The first kappa shape index (κ1) is 34.8. The standard InChI is InChI=1S/C38H46O10/c1-4-38-20-21-43-34(32(40-2)35(38)39)37(48-38)47-30-29(25-42-22-26-14-8-5-9-15-26)46-36(41-3)33(45-24-28-18-12-7-13-19-28)31(30)44-23-27-16-10-6-11-17-27/h4-19,29-37,39H,1,20-25H2,2-3H3/t29-,30-,31+,32-,33-,34+,35+,36+,37-,38-/m1/s1. The third-order valence-corrected chi connectivity index (χ3v) is 9.24. The molecule has 4 aliphatic rings. The molecule has 4 fully saturated rings. The van der Waals surface area contributed by atoms with Gasteiger partial charge in [0.1, 0.15) is 48.3 Å². The Balaban J connectivity index is 1.32. The SMILES string of the molecule is C=C[C@]12CCO[C@H]([C@H](O[C@H]3[C@H](OCc4ccccc4)[C@@H](OCc4ccccc4)[C@@H](OC)O[C@@H]3COCc3ccccc3)O1)[C@@H](OC)[C@@H]2O. The molecule has 0 spiro atoms. The van der Waals surface area contributed by atoms with E-state index in [0.29, 0.717) is 26.2 Å². The number of ether oxygens (including phenoxy) is 9. The third kappa shape index (κ3) is 7.90. The summed E-state index contributed by atoms with van der Waals surface area (Å²) in [5.74, 6) is 0. The number of rotatable bonds is 15. The minimum Gasteiger partial charge on any atom is -0.387 e. The summed E-state index contributed by atoms with van der Waals surface area (Å²) in [7, 11) is 3.12. The van der Waals surface area contributed by atoms with Crippen LogP contribution in [0, 0.1) is 0 Å². The van der Waals surface area contributed by atoms with Crippen LogP contribution >= 0.6 is 0 Å². The zero-order chi connectivity index (χ0) is 33.3. The first-order valence-electron chi connectivity index (χ1n) is 16.5. The Morgan fingerprint density at radius 1 is 0.750 bits per heavy atom. The molecular formula is C38H46O10. The zero-order valence-corrected chi connectivity index (χ0v) is 27.5. The van der Waals surface area contributed by atoms with Gasteiger partial charge in [-0.1, -0.05) is 97.1 Å². The lowest BCUT2D eigenvalue weighted by atomic mass is 9.85. The van der Waals surface area contributed by atoms with Gasteiger partial charge in [0.15, 0.2) is 12.6 Å². The molecule has 0 amide bonds. The Kier molecular flexibility index (Phi) is 12.1. The van der Waals surface area contributed by atoms with Crippen molar-refractivity contribution in [3.05, 3.63) is 120 Å². The first-order chi connectivity index (χ1) is 23.5. The molecule has 1 N–H and O–H groups in total. The Hall–Kier alpha value is -3.00. The Labute approximate surface area is 282 Å². The van der Waals surface area contributed by atoms with Gasteiger partial charge in [0.25, 0.3) is 0 Å². The maximum atomic E-state index is 11.3. The summed E-state index contributed by atoms with van der Waals surface area (Å²) in [6.07, 6.45) is -5.04. The fraction of sp³-hybridized carbons (Fsp3) is 0.474. The van der Waals surface area contributed by atoms with Crippen LogP contribution < -0.4 is 0 Å². The van der Waals surface area contributed by atoms with Gasteiger partial charge < -0.3 is 47.7 Å². The molecule has 10 heteroatoms. The van der Waals surface area contributed by atoms with Crippen LogP contribution in [-0.4, -0.2) is 93.4 Å².